The summed E-state index contributed by atoms with van der Waals surface area (Å²) in [5, 5.41) is 16.8. The molecule has 0 spiro atoms. The Labute approximate surface area is 148 Å². The van der Waals surface area contributed by atoms with Crippen molar-refractivity contribution >= 4 is 46.6 Å². The van der Waals surface area contributed by atoms with Crippen molar-refractivity contribution in [2.75, 3.05) is 68.6 Å². The zero-order valence-electron chi connectivity index (χ0n) is 12.8. The van der Waals surface area contributed by atoms with Gasteiger partial charge in [-0.15, -0.1) is 0 Å². The molecule has 122 valence electrons. The van der Waals surface area contributed by atoms with Gasteiger partial charge in [-0.25, -0.2) is 0 Å². The predicted octanol–water partition coefficient (Wildman–Crippen LogP) is 0.889. The summed E-state index contributed by atoms with van der Waals surface area (Å²) in [6.07, 6.45) is 0. The van der Waals surface area contributed by atoms with Gasteiger partial charge in [-0.3, -0.25) is 0 Å². The van der Waals surface area contributed by atoms with E-state index in [0.717, 1.165) is 22.1 Å². The second-order valence-corrected chi connectivity index (χ2v) is 9.10. The zero-order chi connectivity index (χ0) is 14.5. The second kappa shape index (κ2) is 19.7. The average Bonchev–Trinajstić information content (AvgIpc) is 2.01. The Balaban J connectivity index is -0.0000000525. The van der Waals surface area contributed by atoms with Gasteiger partial charge in [-0.2, -0.15) is 27.0 Å². The molecule has 0 radical (unpaired) electrons. The number of likely N-dealkylation sites (N-methyl/N-ethyl adjacent to an activating group) is 2. The molecule has 0 aliphatic carbocycles. The van der Waals surface area contributed by atoms with Gasteiger partial charge < -0.3 is 19.2 Å². The number of nitrogens with zero attached hydrogens (tertiary/aromatic N) is 2. The molecule has 0 aliphatic heterocycles. The number of aliphatic hydroxyl groups is 2. The van der Waals surface area contributed by atoms with Gasteiger partial charge in [0.2, 0.25) is 0 Å². The van der Waals surface area contributed by atoms with Gasteiger partial charge in [-0.05, 0) is 0 Å². The van der Waals surface area contributed by atoms with Gasteiger partial charge in [0.25, 0.3) is 0 Å². The minimum absolute atomic E-state index is 0. The normalized spacial score (nSPS) is 9.47. The van der Waals surface area contributed by atoms with E-state index in [9.17, 15) is 0 Å². The molecule has 0 bridgehead atoms. The third kappa shape index (κ3) is 65.7. The summed E-state index contributed by atoms with van der Waals surface area (Å²) in [6, 6.07) is 0. The van der Waals surface area contributed by atoms with Crippen molar-refractivity contribution in [1.82, 2.24) is 0 Å². The molecule has 0 aromatic heterocycles. The van der Waals surface area contributed by atoms with Crippen LogP contribution in [0.1, 0.15) is 0 Å². The summed E-state index contributed by atoms with van der Waals surface area (Å²) < 4.78 is 1.69. The van der Waals surface area contributed by atoms with Crippen LogP contribution in [0.15, 0.2) is 0 Å². The van der Waals surface area contributed by atoms with E-state index in [1.54, 1.807) is 0 Å². The molecule has 0 unspecified atom stereocenters. The van der Waals surface area contributed by atoms with Crippen LogP contribution in [0.4, 0.5) is 0 Å². The SMILES string of the molecule is C[N+](C)(C)CCO.C[N+](C)(C)CCO.S.S.[S]=[Mo]=[S]. The average molecular weight is 437 g/mol. The fraction of sp³-hybridized carbons (Fsp3) is 1.00. The van der Waals surface area contributed by atoms with Crippen molar-refractivity contribution in [2.45, 2.75) is 0 Å². The number of quaternary nitrogens is 2. The zero-order valence-corrected chi connectivity index (χ0v) is 18.5. The molecule has 0 heterocycles. The second-order valence-electron chi connectivity index (χ2n) is 5.54. The molecule has 0 saturated heterocycles. The number of hydrogen-bond donors (Lipinski definition) is 2. The molecule has 0 atom stereocenters. The summed E-state index contributed by atoms with van der Waals surface area (Å²) in [6.45, 7) is 2.23. The fourth-order valence-corrected chi connectivity index (χ4v) is 0.600. The van der Waals surface area contributed by atoms with E-state index in [1.165, 1.54) is 0 Å². The van der Waals surface area contributed by atoms with Crippen molar-refractivity contribution in [3.05, 3.63) is 0 Å². The fourth-order valence-electron chi connectivity index (χ4n) is 0.600. The molecule has 0 aromatic rings. The van der Waals surface area contributed by atoms with Crippen molar-refractivity contribution in [3.8, 4) is 0 Å². The standard InChI is InChI=1S/2C5H14NO.Mo.2H2S.2S/c2*1-6(2,3)4-5-7;;;;;/h2*7H,4-5H2,1-3H3;;2*1H2;;/q2*+1;;;;;. The Kier molecular flexibility index (Phi) is 33.7. The van der Waals surface area contributed by atoms with E-state index in [4.69, 9.17) is 10.2 Å². The van der Waals surface area contributed by atoms with Gasteiger partial charge in [0.15, 0.2) is 0 Å². The van der Waals surface area contributed by atoms with Gasteiger partial charge in [0.05, 0.1) is 55.5 Å². The van der Waals surface area contributed by atoms with Crippen LogP contribution in [-0.4, -0.2) is 87.8 Å². The molecule has 0 fully saturated rings. The van der Waals surface area contributed by atoms with Crippen LogP contribution in [0.3, 0.4) is 0 Å². The third-order valence-corrected chi connectivity index (χ3v) is 1.54. The summed E-state index contributed by atoms with van der Waals surface area (Å²) in [7, 11) is 21.0. The molecule has 0 rings (SSSR count). The van der Waals surface area contributed by atoms with Crippen LogP contribution in [0.2, 0.25) is 0 Å². The van der Waals surface area contributed by atoms with Crippen LogP contribution in [0, 0.1) is 0 Å². The Morgan fingerprint density at radius 2 is 0.895 bits per heavy atom. The molecule has 0 aliphatic rings. The van der Waals surface area contributed by atoms with Crippen molar-refractivity contribution < 1.29 is 34.1 Å². The molecule has 0 saturated carbocycles. The molecule has 2 N–H and O–H groups in total. The maximum absolute atomic E-state index is 8.39. The third-order valence-electron chi connectivity index (χ3n) is 1.54. The topological polar surface area (TPSA) is 40.5 Å². The molecule has 0 aromatic carbocycles. The Morgan fingerprint density at radius 3 is 0.895 bits per heavy atom. The van der Waals surface area contributed by atoms with Crippen LogP contribution in [0.5, 0.6) is 0 Å². The van der Waals surface area contributed by atoms with E-state index in [2.05, 4.69) is 61.9 Å². The Bertz CT molecular complexity index is 187. The van der Waals surface area contributed by atoms with Crippen LogP contribution >= 0.6 is 46.6 Å². The van der Waals surface area contributed by atoms with E-state index in [-0.39, 0.29) is 55.1 Å². The first-order valence-corrected chi connectivity index (χ1v) is 10.9. The van der Waals surface area contributed by atoms with Crippen LogP contribution in [0.25, 0.3) is 0 Å². The summed E-state index contributed by atoms with van der Waals surface area (Å²) in [5.41, 5.74) is 0. The van der Waals surface area contributed by atoms with Crippen LogP contribution in [-0.2, 0) is 14.9 Å². The molecule has 4 nitrogen and oxygen atoms in total. The summed E-state index contributed by atoms with van der Waals surface area (Å²) in [5.74, 6) is 0. The number of aliphatic hydroxyl groups excluding tert-OH is 2. The molecule has 9 heteroatoms. The monoisotopic (exact) mass is 438 g/mol. The molecule has 19 heavy (non-hydrogen) atoms. The first-order chi connectivity index (χ1) is 7.54. The van der Waals surface area contributed by atoms with Crippen molar-refractivity contribution in [3.63, 3.8) is 0 Å². The van der Waals surface area contributed by atoms with E-state index in [0.29, 0.717) is 0 Å². The van der Waals surface area contributed by atoms with E-state index < -0.39 is 0 Å². The van der Waals surface area contributed by atoms with Gasteiger partial charge in [0, 0.05) is 0 Å². The molecular weight excluding hydrogens is 404 g/mol. The van der Waals surface area contributed by atoms with E-state index in [1.807, 2.05) is 0 Å². The quantitative estimate of drug-likeness (QED) is 0.507. The summed E-state index contributed by atoms with van der Waals surface area (Å²) >= 11 is -0.363. The first-order valence-electron chi connectivity index (χ1n) is 5.28. The first kappa shape index (κ1) is 32.6. The van der Waals surface area contributed by atoms with Gasteiger partial charge in [0.1, 0.15) is 13.1 Å². The number of rotatable bonds is 4. The molecule has 0 amide bonds. The predicted molar refractivity (Wildman–Crippen MR) is 95.9 cm³/mol. The Morgan fingerprint density at radius 1 is 0.737 bits per heavy atom. The Hall–Kier alpha value is 1.67. The van der Waals surface area contributed by atoms with E-state index >= 15 is 0 Å². The van der Waals surface area contributed by atoms with Gasteiger partial charge >= 0.3 is 34.6 Å². The maximum atomic E-state index is 8.39. The summed E-state index contributed by atoms with van der Waals surface area (Å²) in [4.78, 5) is 0. The van der Waals surface area contributed by atoms with Gasteiger partial charge in [-0.1, -0.05) is 0 Å². The minimum atomic E-state index is -0.363. The van der Waals surface area contributed by atoms with Crippen LogP contribution < -0.4 is 0 Å². The molecular formula is C10H32MoN2O2S4+2. The van der Waals surface area contributed by atoms with Crippen molar-refractivity contribution in [2.24, 2.45) is 0 Å². The van der Waals surface area contributed by atoms with Crippen molar-refractivity contribution in [1.29, 1.82) is 0 Å². The number of hydrogen-bond acceptors (Lipinski definition) is 4.